The summed E-state index contributed by atoms with van der Waals surface area (Å²) in [6.45, 7) is 0. The number of hydrogen-bond acceptors (Lipinski definition) is 5. The topological polar surface area (TPSA) is 90.3 Å². The number of nitrogens with zero attached hydrogens (tertiary/aromatic N) is 3. The molecule has 20 heavy (non-hydrogen) atoms. The first-order valence-corrected chi connectivity index (χ1v) is 7.56. The van der Waals surface area contributed by atoms with Crippen LogP contribution >= 0.6 is 0 Å². The maximum Gasteiger partial charge on any atom is 0.186 e. The third kappa shape index (κ3) is 2.23. The Bertz CT molecular complexity index is 838. The molecular weight excluding hydrogens is 276 g/mol. The number of sulfone groups is 1. The molecule has 0 atom stereocenters. The van der Waals surface area contributed by atoms with Crippen LogP contribution in [0.25, 0.3) is 5.65 Å². The average Bonchev–Trinajstić information content (AvgIpc) is 2.80. The van der Waals surface area contributed by atoms with Crippen LogP contribution in [0, 0.1) is 0 Å². The minimum Gasteiger partial charge on any atom is -0.396 e. The van der Waals surface area contributed by atoms with Crippen LogP contribution in [0.4, 0.5) is 5.69 Å². The molecule has 3 heterocycles. The van der Waals surface area contributed by atoms with Gasteiger partial charge in [-0.3, -0.25) is 4.98 Å². The lowest BCUT2D eigenvalue weighted by Crippen LogP contribution is -2.08. The molecule has 0 aliphatic carbocycles. The Morgan fingerprint density at radius 1 is 1.25 bits per heavy atom. The summed E-state index contributed by atoms with van der Waals surface area (Å²) in [5.74, 6) is -0.192. The minimum atomic E-state index is -3.53. The van der Waals surface area contributed by atoms with Gasteiger partial charge in [-0.05, 0) is 18.2 Å². The van der Waals surface area contributed by atoms with E-state index in [0.717, 1.165) is 0 Å². The van der Waals surface area contributed by atoms with Gasteiger partial charge in [-0.2, -0.15) is 0 Å². The van der Waals surface area contributed by atoms with Crippen molar-refractivity contribution in [3.8, 4) is 0 Å². The quantitative estimate of drug-likeness (QED) is 0.784. The molecule has 6 nitrogen and oxygen atoms in total. The van der Waals surface area contributed by atoms with E-state index in [1.165, 1.54) is 18.5 Å². The van der Waals surface area contributed by atoms with Crippen LogP contribution in [0.1, 0.15) is 5.69 Å². The predicted octanol–water partition coefficient (Wildman–Crippen LogP) is 1.29. The summed E-state index contributed by atoms with van der Waals surface area (Å²) in [6, 6.07) is 6.92. The first-order valence-electron chi connectivity index (χ1n) is 5.91. The van der Waals surface area contributed by atoms with Crippen molar-refractivity contribution in [2.24, 2.45) is 0 Å². The van der Waals surface area contributed by atoms with Crippen molar-refractivity contribution in [1.29, 1.82) is 0 Å². The van der Waals surface area contributed by atoms with Crippen LogP contribution in [0.15, 0.2) is 53.9 Å². The van der Waals surface area contributed by atoms with Crippen molar-refractivity contribution in [3.05, 3.63) is 54.7 Å². The molecule has 0 radical (unpaired) electrons. The Balaban J connectivity index is 1.99. The summed E-state index contributed by atoms with van der Waals surface area (Å²) in [7, 11) is -3.53. The van der Waals surface area contributed by atoms with Crippen LogP contribution in [0.5, 0.6) is 0 Å². The van der Waals surface area contributed by atoms with E-state index >= 15 is 0 Å². The second-order valence-electron chi connectivity index (χ2n) is 4.37. The van der Waals surface area contributed by atoms with Crippen LogP contribution < -0.4 is 5.73 Å². The van der Waals surface area contributed by atoms with Crippen molar-refractivity contribution in [2.75, 3.05) is 5.73 Å². The molecular formula is C13H12N4O2S. The van der Waals surface area contributed by atoms with E-state index in [1.54, 1.807) is 10.6 Å². The molecule has 0 bridgehead atoms. The zero-order chi connectivity index (χ0) is 14.2. The summed E-state index contributed by atoms with van der Waals surface area (Å²) in [6.07, 6.45) is 6.26. The molecule has 3 aromatic rings. The van der Waals surface area contributed by atoms with Crippen molar-refractivity contribution in [3.63, 3.8) is 0 Å². The van der Waals surface area contributed by atoms with Gasteiger partial charge in [0.15, 0.2) is 9.84 Å². The molecule has 3 rings (SSSR count). The third-order valence-corrected chi connectivity index (χ3v) is 4.61. The molecule has 102 valence electrons. The minimum absolute atomic E-state index is 0.0876. The lowest BCUT2D eigenvalue weighted by atomic mass is 10.4. The lowest BCUT2D eigenvalue weighted by Gasteiger charge is -2.04. The summed E-state index contributed by atoms with van der Waals surface area (Å²) < 4.78 is 26.5. The Morgan fingerprint density at radius 2 is 2.10 bits per heavy atom. The fraction of sp³-hybridized carbons (Fsp3) is 0.0769. The summed E-state index contributed by atoms with van der Waals surface area (Å²) in [5.41, 5.74) is 7.01. The second kappa shape index (κ2) is 4.61. The molecule has 0 amide bonds. The van der Waals surface area contributed by atoms with E-state index < -0.39 is 9.84 Å². The van der Waals surface area contributed by atoms with Gasteiger partial charge in [0.05, 0.1) is 28.2 Å². The average molecular weight is 288 g/mol. The van der Waals surface area contributed by atoms with E-state index in [0.29, 0.717) is 11.3 Å². The molecule has 3 aromatic heterocycles. The highest BCUT2D eigenvalue weighted by Gasteiger charge is 2.19. The Hall–Kier alpha value is -2.41. The number of imidazole rings is 1. The van der Waals surface area contributed by atoms with Gasteiger partial charge >= 0.3 is 0 Å². The highest BCUT2D eigenvalue weighted by molar-refractivity contribution is 7.90. The van der Waals surface area contributed by atoms with Crippen molar-refractivity contribution < 1.29 is 8.42 Å². The Morgan fingerprint density at radius 3 is 2.85 bits per heavy atom. The normalized spacial score (nSPS) is 11.8. The van der Waals surface area contributed by atoms with Gasteiger partial charge in [-0.15, -0.1) is 0 Å². The number of fused-ring (bicyclic) bond motifs is 1. The third-order valence-electron chi connectivity index (χ3n) is 2.90. The van der Waals surface area contributed by atoms with E-state index in [-0.39, 0.29) is 16.3 Å². The molecule has 0 aliphatic rings. The van der Waals surface area contributed by atoms with Gasteiger partial charge in [0, 0.05) is 18.6 Å². The second-order valence-corrected chi connectivity index (χ2v) is 6.33. The predicted molar refractivity (Wildman–Crippen MR) is 74.7 cm³/mol. The molecule has 0 fully saturated rings. The van der Waals surface area contributed by atoms with Gasteiger partial charge in [-0.25, -0.2) is 13.4 Å². The lowest BCUT2D eigenvalue weighted by molar-refractivity contribution is 0.595. The highest BCUT2D eigenvalue weighted by atomic mass is 32.2. The largest absolute Gasteiger partial charge is 0.396 e. The maximum absolute atomic E-state index is 12.3. The zero-order valence-electron chi connectivity index (χ0n) is 10.5. The highest BCUT2D eigenvalue weighted by Crippen LogP contribution is 2.21. The Kier molecular flexibility index (Phi) is 2.90. The SMILES string of the molecule is Nc1cnccc1S(=O)(=O)Cc1cn2ccccc2n1. The standard InChI is InChI=1S/C13H12N4O2S/c14-11-7-15-5-4-12(11)20(18,19)9-10-8-17-6-2-1-3-13(17)16-10/h1-8H,9,14H2. The fourth-order valence-corrected chi connectivity index (χ4v) is 3.37. The molecule has 0 spiro atoms. The van der Waals surface area contributed by atoms with E-state index in [2.05, 4.69) is 9.97 Å². The summed E-state index contributed by atoms with van der Waals surface area (Å²) in [4.78, 5) is 8.16. The van der Waals surface area contributed by atoms with Gasteiger partial charge in [0.1, 0.15) is 5.65 Å². The van der Waals surface area contributed by atoms with Gasteiger partial charge in [0.25, 0.3) is 0 Å². The van der Waals surface area contributed by atoms with Gasteiger partial charge < -0.3 is 10.1 Å². The number of pyridine rings is 2. The van der Waals surface area contributed by atoms with Crippen molar-refractivity contribution in [2.45, 2.75) is 10.6 Å². The van der Waals surface area contributed by atoms with Crippen LogP contribution in [0.2, 0.25) is 0 Å². The van der Waals surface area contributed by atoms with Crippen LogP contribution in [0.3, 0.4) is 0 Å². The maximum atomic E-state index is 12.3. The Labute approximate surface area is 115 Å². The zero-order valence-corrected chi connectivity index (χ0v) is 11.3. The van der Waals surface area contributed by atoms with Crippen molar-refractivity contribution in [1.82, 2.24) is 14.4 Å². The van der Waals surface area contributed by atoms with Gasteiger partial charge in [-0.1, -0.05) is 6.07 Å². The number of nitrogen functional groups attached to an aromatic ring is 1. The molecule has 0 saturated carbocycles. The number of aromatic nitrogens is 3. The first kappa shape index (κ1) is 12.6. The molecule has 0 unspecified atom stereocenters. The molecule has 7 heteroatoms. The number of anilines is 1. The number of rotatable bonds is 3. The van der Waals surface area contributed by atoms with Crippen LogP contribution in [-0.2, 0) is 15.6 Å². The molecule has 0 aromatic carbocycles. The number of hydrogen-bond donors (Lipinski definition) is 1. The van der Waals surface area contributed by atoms with Gasteiger partial charge in [0.2, 0.25) is 0 Å². The van der Waals surface area contributed by atoms with E-state index in [1.807, 2.05) is 24.4 Å². The van der Waals surface area contributed by atoms with Crippen LogP contribution in [-0.4, -0.2) is 22.8 Å². The van der Waals surface area contributed by atoms with E-state index in [4.69, 9.17) is 5.73 Å². The smallest absolute Gasteiger partial charge is 0.186 e. The summed E-state index contributed by atoms with van der Waals surface area (Å²) in [5, 5.41) is 0. The van der Waals surface area contributed by atoms with E-state index in [9.17, 15) is 8.42 Å². The monoisotopic (exact) mass is 288 g/mol. The fourth-order valence-electron chi connectivity index (χ4n) is 2.01. The first-order chi connectivity index (χ1) is 9.56. The summed E-state index contributed by atoms with van der Waals surface area (Å²) >= 11 is 0. The molecule has 2 N–H and O–H groups in total. The van der Waals surface area contributed by atoms with Crippen molar-refractivity contribution >= 4 is 21.2 Å². The molecule has 0 aliphatic heterocycles. The number of nitrogens with two attached hydrogens (primary N) is 1. The molecule has 0 saturated heterocycles.